The van der Waals surface area contributed by atoms with E-state index in [1.54, 1.807) is 12.4 Å². The third-order valence-electron chi connectivity index (χ3n) is 5.12. The van der Waals surface area contributed by atoms with Gasteiger partial charge in [-0.3, -0.25) is 9.88 Å². The van der Waals surface area contributed by atoms with Crippen LogP contribution in [-0.4, -0.2) is 88.3 Å². The number of hydrogen-bond acceptors (Lipinski definition) is 7. The average Bonchev–Trinajstić information content (AvgIpc) is 3.05. The van der Waals surface area contributed by atoms with Gasteiger partial charge >= 0.3 is 0 Å². The minimum absolute atomic E-state index is 0.149. The normalized spacial score (nSPS) is 25.4. The number of pyridine rings is 1. The average molecular weight is 340 g/mol. The molecule has 2 aromatic heterocycles. The number of anilines is 1. The van der Waals surface area contributed by atoms with Crippen molar-refractivity contribution in [2.24, 2.45) is 0 Å². The molecule has 0 saturated carbocycles. The molecular formula is C18H24N6O. The van der Waals surface area contributed by atoms with Crippen molar-refractivity contribution in [2.75, 3.05) is 51.2 Å². The topological polar surface area (TPSA) is 68.6 Å². The van der Waals surface area contributed by atoms with Crippen molar-refractivity contribution in [2.45, 2.75) is 12.1 Å². The minimum Gasteiger partial charge on any atom is -0.390 e. The van der Waals surface area contributed by atoms with Gasteiger partial charge in [0.05, 0.1) is 23.5 Å². The molecule has 0 unspecified atom stereocenters. The van der Waals surface area contributed by atoms with Crippen LogP contribution in [0.25, 0.3) is 11.4 Å². The minimum atomic E-state index is -0.370. The number of hydrogen-bond donors (Lipinski definition) is 1. The number of aliphatic hydroxyl groups excluding tert-OH is 1. The van der Waals surface area contributed by atoms with Crippen molar-refractivity contribution >= 4 is 5.95 Å². The van der Waals surface area contributed by atoms with E-state index in [0.717, 1.165) is 44.1 Å². The van der Waals surface area contributed by atoms with Gasteiger partial charge in [-0.1, -0.05) is 6.07 Å². The van der Waals surface area contributed by atoms with Crippen molar-refractivity contribution in [1.29, 1.82) is 0 Å². The smallest absolute Gasteiger partial charge is 0.226 e. The first-order valence-electron chi connectivity index (χ1n) is 8.81. The maximum absolute atomic E-state index is 10.6. The van der Waals surface area contributed by atoms with Gasteiger partial charge in [-0.15, -0.1) is 0 Å². The lowest BCUT2D eigenvalue weighted by atomic mass is 10.1. The third kappa shape index (κ3) is 3.49. The summed E-state index contributed by atoms with van der Waals surface area (Å²) in [7, 11) is 2.14. The summed E-state index contributed by atoms with van der Waals surface area (Å²) in [5, 5.41) is 10.6. The summed E-state index contributed by atoms with van der Waals surface area (Å²) in [4.78, 5) is 20.3. The van der Waals surface area contributed by atoms with E-state index >= 15 is 0 Å². The highest BCUT2D eigenvalue weighted by Crippen LogP contribution is 2.23. The largest absolute Gasteiger partial charge is 0.390 e. The third-order valence-corrected chi connectivity index (χ3v) is 5.12. The summed E-state index contributed by atoms with van der Waals surface area (Å²) in [6.45, 7) is 5.44. The second kappa shape index (κ2) is 7.03. The molecule has 132 valence electrons. The van der Waals surface area contributed by atoms with Crippen LogP contribution in [0.4, 0.5) is 5.95 Å². The molecule has 7 heteroatoms. The van der Waals surface area contributed by atoms with Gasteiger partial charge in [-0.25, -0.2) is 9.97 Å². The van der Waals surface area contributed by atoms with E-state index in [-0.39, 0.29) is 12.1 Å². The molecule has 1 N–H and O–H groups in total. The van der Waals surface area contributed by atoms with Crippen LogP contribution in [0.3, 0.4) is 0 Å². The Bertz CT molecular complexity index is 704. The lowest BCUT2D eigenvalue weighted by Crippen LogP contribution is -2.52. The maximum Gasteiger partial charge on any atom is 0.226 e. The quantitative estimate of drug-likeness (QED) is 0.864. The highest BCUT2D eigenvalue weighted by molar-refractivity contribution is 5.55. The van der Waals surface area contributed by atoms with Crippen LogP contribution in [0.1, 0.15) is 0 Å². The molecular weight excluding hydrogens is 316 g/mol. The Hall–Kier alpha value is -2.09. The predicted octanol–water partition coefficient (Wildman–Crippen LogP) is 0.335. The number of likely N-dealkylation sites (N-methyl/N-ethyl adjacent to an activating group) is 1. The Labute approximate surface area is 147 Å². The SMILES string of the molecule is CN1CCN([C@@H]2CN(c3nccc(-c4ccccn4)n3)C[C@H]2O)CC1. The van der Waals surface area contributed by atoms with E-state index in [1.165, 1.54) is 0 Å². The summed E-state index contributed by atoms with van der Waals surface area (Å²) in [5.74, 6) is 0.666. The lowest BCUT2D eigenvalue weighted by molar-refractivity contribution is 0.0512. The molecule has 2 aliphatic heterocycles. The fourth-order valence-electron chi connectivity index (χ4n) is 3.60. The molecule has 2 aliphatic rings. The molecule has 0 amide bonds. The van der Waals surface area contributed by atoms with Crippen LogP contribution in [0.5, 0.6) is 0 Å². The molecule has 0 radical (unpaired) electrons. The van der Waals surface area contributed by atoms with Crippen molar-refractivity contribution in [3.05, 3.63) is 36.7 Å². The molecule has 0 aliphatic carbocycles. The number of nitrogens with zero attached hydrogens (tertiary/aromatic N) is 6. The molecule has 2 saturated heterocycles. The van der Waals surface area contributed by atoms with Crippen molar-refractivity contribution < 1.29 is 5.11 Å². The summed E-state index contributed by atoms with van der Waals surface area (Å²) >= 11 is 0. The Kier molecular flexibility index (Phi) is 4.61. The second-order valence-electron chi connectivity index (χ2n) is 6.84. The molecule has 2 atom stereocenters. The highest BCUT2D eigenvalue weighted by atomic mass is 16.3. The van der Waals surface area contributed by atoms with Gasteiger partial charge < -0.3 is 14.9 Å². The molecule has 0 aromatic carbocycles. The van der Waals surface area contributed by atoms with Crippen LogP contribution in [-0.2, 0) is 0 Å². The second-order valence-corrected chi connectivity index (χ2v) is 6.84. The van der Waals surface area contributed by atoms with E-state index in [0.29, 0.717) is 12.5 Å². The molecule has 0 spiro atoms. The van der Waals surface area contributed by atoms with E-state index in [2.05, 4.69) is 36.7 Å². The zero-order valence-electron chi connectivity index (χ0n) is 14.5. The van der Waals surface area contributed by atoms with Crippen LogP contribution < -0.4 is 4.90 Å². The molecule has 2 fully saturated rings. The molecule has 7 nitrogen and oxygen atoms in total. The number of β-amino-alcohol motifs (C(OH)–C–C–N with tert-alkyl or cyclic N) is 1. The van der Waals surface area contributed by atoms with E-state index in [9.17, 15) is 5.11 Å². The summed E-state index contributed by atoms with van der Waals surface area (Å²) in [6.07, 6.45) is 3.16. The van der Waals surface area contributed by atoms with Gasteiger partial charge in [-0.05, 0) is 25.2 Å². The maximum atomic E-state index is 10.6. The molecule has 0 bridgehead atoms. The first-order chi connectivity index (χ1) is 12.2. The zero-order valence-corrected chi connectivity index (χ0v) is 14.5. The van der Waals surface area contributed by atoms with Gasteiger partial charge in [-0.2, -0.15) is 0 Å². The Morgan fingerprint density at radius 1 is 0.960 bits per heavy atom. The molecule has 2 aromatic rings. The van der Waals surface area contributed by atoms with Crippen molar-refractivity contribution in [3.8, 4) is 11.4 Å². The highest BCUT2D eigenvalue weighted by Gasteiger charge is 2.37. The van der Waals surface area contributed by atoms with Gasteiger partial charge in [0.15, 0.2) is 0 Å². The van der Waals surface area contributed by atoms with Gasteiger partial charge in [0.25, 0.3) is 0 Å². The Morgan fingerprint density at radius 2 is 1.80 bits per heavy atom. The standard InChI is InChI=1S/C18H24N6O/c1-22-8-10-23(11-9-22)16-12-24(13-17(16)25)18-20-7-5-15(21-18)14-4-2-3-6-19-14/h2-7,16-17,25H,8-13H2,1H3/t16-,17-/m1/s1. The first-order valence-corrected chi connectivity index (χ1v) is 8.81. The van der Waals surface area contributed by atoms with Crippen LogP contribution in [0, 0.1) is 0 Å². The summed E-state index contributed by atoms with van der Waals surface area (Å²) in [5.41, 5.74) is 1.64. The molecule has 25 heavy (non-hydrogen) atoms. The van der Waals surface area contributed by atoms with Crippen LogP contribution in [0.2, 0.25) is 0 Å². The molecule has 4 heterocycles. The van der Waals surface area contributed by atoms with Crippen molar-refractivity contribution in [1.82, 2.24) is 24.8 Å². The van der Waals surface area contributed by atoms with E-state index in [4.69, 9.17) is 0 Å². The first kappa shape index (κ1) is 16.4. The Balaban J connectivity index is 1.49. The molecule has 4 rings (SSSR count). The van der Waals surface area contributed by atoms with E-state index in [1.807, 2.05) is 24.3 Å². The fourth-order valence-corrected chi connectivity index (χ4v) is 3.60. The predicted molar refractivity (Wildman–Crippen MR) is 96.3 cm³/mol. The monoisotopic (exact) mass is 340 g/mol. The van der Waals surface area contributed by atoms with Gasteiger partial charge in [0.1, 0.15) is 0 Å². The number of aromatic nitrogens is 3. The number of rotatable bonds is 3. The van der Waals surface area contributed by atoms with Gasteiger partial charge in [0, 0.05) is 51.7 Å². The number of aliphatic hydroxyl groups is 1. The zero-order chi connectivity index (χ0) is 17.2. The summed E-state index contributed by atoms with van der Waals surface area (Å²) in [6, 6.07) is 7.81. The van der Waals surface area contributed by atoms with E-state index < -0.39 is 0 Å². The van der Waals surface area contributed by atoms with Crippen molar-refractivity contribution in [3.63, 3.8) is 0 Å². The lowest BCUT2D eigenvalue weighted by Gasteiger charge is -2.37. The number of piperazine rings is 1. The van der Waals surface area contributed by atoms with Gasteiger partial charge in [0.2, 0.25) is 5.95 Å². The summed E-state index contributed by atoms with van der Waals surface area (Å²) < 4.78 is 0. The Morgan fingerprint density at radius 3 is 2.56 bits per heavy atom. The van der Waals surface area contributed by atoms with Crippen LogP contribution >= 0.6 is 0 Å². The fraction of sp³-hybridized carbons (Fsp3) is 0.500. The van der Waals surface area contributed by atoms with Crippen LogP contribution in [0.15, 0.2) is 36.7 Å².